The predicted octanol–water partition coefficient (Wildman–Crippen LogP) is 4.97. The number of aryl methyl sites for hydroxylation is 1. The van der Waals surface area contributed by atoms with Gasteiger partial charge in [0.05, 0.1) is 11.3 Å². The maximum Gasteiger partial charge on any atom is 0.419 e. The highest BCUT2D eigenvalue weighted by Crippen LogP contribution is 2.53. The second kappa shape index (κ2) is 7.06. The van der Waals surface area contributed by atoms with Gasteiger partial charge in [0, 0.05) is 48.0 Å². The van der Waals surface area contributed by atoms with E-state index in [9.17, 15) is 13.2 Å². The molecule has 4 heterocycles. The molecule has 6 rings (SSSR count). The monoisotopic (exact) mass is 453 g/mol. The van der Waals surface area contributed by atoms with Crippen molar-refractivity contribution in [2.24, 2.45) is 0 Å². The zero-order chi connectivity index (χ0) is 22.8. The van der Waals surface area contributed by atoms with E-state index in [0.29, 0.717) is 11.3 Å². The molecule has 0 radical (unpaired) electrons. The van der Waals surface area contributed by atoms with E-state index in [2.05, 4.69) is 45.3 Å². The predicted molar refractivity (Wildman–Crippen MR) is 119 cm³/mol. The van der Waals surface area contributed by atoms with Gasteiger partial charge in [-0.15, -0.1) is 0 Å². The third kappa shape index (κ3) is 3.10. The number of nitrogens with zero attached hydrogens (tertiary/aromatic N) is 4. The molecule has 1 spiro atoms. The number of aromatic nitrogens is 3. The summed E-state index contributed by atoms with van der Waals surface area (Å²) in [6, 6.07) is 13.8. The lowest BCUT2D eigenvalue weighted by Gasteiger charge is -2.50. The molecule has 1 atom stereocenters. The van der Waals surface area contributed by atoms with Gasteiger partial charge >= 0.3 is 6.18 Å². The standard InChI is InChI=1S/C25H26F3N5/c26-25(27,28)19-13-17(15-30-22(19)29)20-14-21-23(10-12-33(21)31-20)9-11-32(16-23)24(7-4-8-24)18-5-2-1-3-6-18/h1-3,5-6,13-15H,4,7-12,16H2,(H2,29,30). The van der Waals surface area contributed by atoms with E-state index in [4.69, 9.17) is 5.73 Å². The lowest BCUT2D eigenvalue weighted by Crippen LogP contribution is -2.51. The summed E-state index contributed by atoms with van der Waals surface area (Å²) in [5, 5.41) is 4.66. The van der Waals surface area contributed by atoms with E-state index < -0.39 is 17.6 Å². The summed E-state index contributed by atoms with van der Waals surface area (Å²) in [7, 11) is 0. The molecular formula is C25H26F3N5. The van der Waals surface area contributed by atoms with Crippen LogP contribution in [-0.4, -0.2) is 32.8 Å². The number of anilines is 1. The van der Waals surface area contributed by atoms with Crippen LogP contribution in [0.25, 0.3) is 11.3 Å². The third-order valence-corrected chi connectivity index (χ3v) is 8.10. The first-order valence-electron chi connectivity index (χ1n) is 11.5. The van der Waals surface area contributed by atoms with Gasteiger partial charge < -0.3 is 5.73 Å². The van der Waals surface area contributed by atoms with Gasteiger partial charge in [0.25, 0.3) is 0 Å². The quantitative estimate of drug-likeness (QED) is 0.608. The normalized spacial score (nSPS) is 24.2. The Bertz CT molecular complexity index is 1200. The Morgan fingerprint density at radius 3 is 2.42 bits per heavy atom. The molecule has 3 aliphatic rings. The highest BCUT2D eigenvalue weighted by atomic mass is 19.4. The molecule has 2 aliphatic heterocycles. The maximum absolute atomic E-state index is 13.3. The van der Waals surface area contributed by atoms with Gasteiger partial charge in [-0.3, -0.25) is 9.58 Å². The smallest absolute Gasteiger partial charge is 0.383 e. The zero-order valence-electron chi connectivity index (χ0n) is 18.3. The van der Waals surface area contributed by atoms with Crippen molar-refractivity contribution < 1.29 is 13.2 Å². The highest BCUT2D eigenvalue weighted by Gasteiger charge is 2.53. The van der Waals surface area contributed by atoms with Crippen molar-refractivity contribution in [3.8, 4) is 11.3 Å². The van der Waals surface area contributed by atoms with Crippen molar-refractivity contribution in [3.63, 3.8) is 0 Å². The van der Waals surface area contributed by atoms with E-state index in [-0.39, 0.29) is 11.0 Å². The zero-order valence-corrected chi connectivity index (χ0v) is 18.3. The molecule has 3 aromatic rings. The molecule has 1 unspecified atom stereocenters. The first-order chi connectivity index (χ1) is 15.8. The van der Waals surface area contributed by atoms with E-state index in [1.54, 1.807) is 0 Å². The largest absolute Gasteiger partial charge is 0.419 e. The van der Waals surface area contributed by atoms with Crippen LogP contribution in [-0.2, 0) is 23.7 Å². The first-order valence-corrected chi connectivity index (χ1v) is 11.5. The molecule has 1 aliphatic carbocycles. The molecule has 0 amide bonds. The van der Waals surface area contributed by atoms with Gasteiger partial charge in [-0.25, -0.2) is 4.98 Å². The lowest BCUT2D eigenvalue weighted by molar-refractivity contribution is -0.137. The molecule has 1 saturated heterocycles. The number of fused-ring (bicyclic) bond motifs is 2. The topological polar surface area (TPSA) is 60.0 Å². The van der Waals surface area contributed by atoms with Gasteiger partial charge in [0.2, 0.25) is 0 Å². The number of pyridine rings is 1. The van der Waals surface area contributed by atoms with Gasteiger partial charge in [-0.2, -0.15) is 18.3 Å². The molecule has 1 saturated carbocycles. The number of nitrogens with two attached hydrogens (primary N) is 1. The summed E-state index contributed by atoms with van der Waals surface area (Å²) in [6.07, 6.45) is 2.49. The molecule has 33 heavy (non-hydrogen) atoms. The van der Waals surface area contributed by atoms with Crippen molar-refractivity contribution in [1.29, 1.82) is 0 Å². The molecule has 0 bridgehead atoms. The maximum atomic E-state index is 13.3. The summed E-state index contributed by atoms with van der Waals surface area (Å²) >= 11 is 0. The summed E-state index contributed by atoms with van der Waals surface area (Å²) in [5.41, 5.74) is 8.09. The fraction of sp³-hybridized carbons (Fsp3) is 0.440. The fourth-order valence-electron chi connectivity index (χ4n) is 6.14. The van der Waals surface area contributed by atoms with Crippen molar-refractivity contribution in [2.45, 2.75) is 55.8 Å². The minimum Gasteiger partial charge on any atom is -0.383 e. The molecule has 2 aromatic heterocycles. The Balaban J connectivity index is 1.31. The second-order valence-corrected chi connectivity index (χ2v) is 9.75. The average Bonchev–Trinajstić information content (AvgIpc) is 3.45. The molecular weight excluding hydrogens is 427 g/mol. The highest BCUT2D eigenvalue weighted by molar-refractivity contribution is 5.63. The Hall–Kier alpha value is -2.87. The molecule has 172 valence electrons. The Morgan fingerprint density at radius 1 is 0.970 bits per heavy atom. The van der Waals surface area contributed by atoms with Crippen LogP contribution in [0.2, 0.25) is 0 Å². The van der Waals surface area contributed by atoms with E-state index in [1.807, 2.05) is 10.7 Å². The minimum atomic E-state index is -4.54. The SMILES string of the molecule is Nc1ncc(-c2cc3n(n2)CCC32CCN(C3(c4ccccc4)CCC3)C2)cc1C(F)(F)F. The van der Waals surface area contributed by atoms with Crippen molar-refractivity contribution in [1.82, 2.24) is 19.7 Å². The first kappa shape index (κ1) is 20.7. The van der Waals surface area contributed by atoms with Crippen LogP contribution in [0, 0.1) is 0 Å². The van der Waals surface area contributed by atoms with Crippen LogP contribution in [0.1, 0.15) is 48.9 Å². The number of hydrogen-bond acceptors (Lipinski definition) is 4. The summed E-state index contributed by atoms with van der Waals surface area (Å²) in [5.74, 6) is -0.507. The van der Waals surface area contributed by atoms with Gasteiger partial charge in [0.1, 0.15) is 5.82 Å². The van der Waals surface area contributed by atoms with E-state index >= 15 is 0 Å². The second-order valence-electron chi connectivity index (χ2n) is 9.75. The lowest BCUT2D eigenvalue weighted by atomic mass is 9.70. The van der Waals surface area contributed by atoms with Crippen LogP contribution in [0.5, 0.6) is 0 Å². The van der Waals surface area contributed by atoms with Crippen LogP contribution < -0.4 is 5.73 Å². The number of alkyl halides is 3. The summed E-state index contributed by atoms with van der Waals surface area (Å²) in [6.45, 7) is 2.77. The van der Waals surface area contributed by atoms with Crippen LogP contribution in [0.3, 0.4) is 0 Å². The molecule has 8 heteroatoms. The van der Waals surface area contributed by atoms with E-state index in [1.165, 1.54) is 31.0 Å². The number of rotatable bonds is 3. The van der Waals surface area contributed by atoms with Crippen LogP contribution in [0.15, 0.2) is 48.7 Å². The van der Waals surface area contributed by atoms with Gasteiger partial charge in [0.15, 0.2) is 0 Å². The van der Waals surface area contributed by atoms with Crippen molar-refractivity contribution in [2.75, 3.05) is 18.8 Å². The number of benzene rings is 1. The number of likely N-dealkylation sites (tertiary alicyclic amines) is 1. The number of hydrogen-bond donors (Lipinski definition) is 1. The summed E-state index contributed by atoms with van der Waals surface area (Å²) in [4.78, 5) is 6.44. The van der Waals surface area contributed by atoms with Crippen LogP contribution in [0.4, 0.5) is 19.0 Å². The van der Waals surface area contributed by atoms with Gasteiger partial charge in [-0.1, -0.05) is 30.3 Å². The van der Waals surface area contributed by atoms with Crippen molar-refractivity contribution in [3.05, 3.63) is 65.5 Å². The molecule has 5 nitrogen and oxygen atoms in total. The third-order valence-electron chi connectivity index (χ3n) is 8.10. The van der Waals surface area contributed by atoms with Crippen LogP contribution >= 0.6 is 0 Å². The van der Waals surface area contributed by atoms with Crippen molar-refractivity contribution >= 4 is 5.82 Å². The molecule has 2 N–H and O–H groups in total. The Labute approximate surface area is 190 Å². The summed E-state index contributed by atoms with van der Waals surface area (Å²) < 4.78 is 42.0. The molecule has 1 aromatic carbocycles. The average molecular weight is 454 g/mol. The van der Waals surface area contributed by atoms with Gasteiger partial charge in [-0.05, 0) is 49.8 Å². The van der Waals surface area contributed by atoms with E-state index in [0.717, 1.165) is 44.2 Å². The Morgan fingerprint density at radius 2 is 1.73 bits per heavy atom. The number of nitrogen functional groups attached to an aromatic ring is 1. The Kier molecular flexibility index (Phi) is 4.43. The minimum absolute atomic E-state index is 0.00326. The number of halogens is 3. The fourth-order valence-corrected chi connectivity index (χ4v) is 6.14. The molecule has 2 fully saturated rings.